The van der Waals surface area contributed by atoms with Crippen LogP contribution in [0.1, 0.15) is 43.1 Å². The molecule has 1 N–H and O–H groups in total. The molecule has 0 bridgehead atoms. The van der Waals surface area contributed by atoms with Crippen molar-refractivity contribution in [2.45, 2.75) is 39.2 Å². The fraction of sp³-hybridized carbons (Fsp3) is 0.438. The van der Waals surface area contributed by atoms with Gasteiger partial charge in [-0.3, -0.25) is 4.98 Å². The number of aromatic nitrogens is 1. The standard InChI is InChI=1S/C16H22N2S/c1-3-14-6-5-10-18-16(14)15(17-4-2)8-7-13-9-11-19-12-13/h5-6,9-12,15,17H,3-4,7-8H2,1-2H3. The first kappa shape index (κ1) is 14.2. The fourth-order valence-corrected chi connectivity index (χ4v) is 3.09. The molecule has 0 aliphatic heterocycles. The van der Waals surface area contributed by atoms with Crippen molar-refractivity contribution < 1.29 is 0 Å². The smallest absolute Gasteiger partial charge is 0.0605 e. The van der Waals surface area contributed by atoms with Gasteiger partial charge in [-0.2, -0.15) is 11.3 Å². The van der Waals surface area contributed by atoms with Gasteiger partial charge in [-0.15, -0.1) is 0 Å². The molecule has 0 fully saturated rings. The molecular formula is C16H22N2S. The summed E-state index contributed by atoms with van der Waals surface area (Å²) in [5.74, 6) is 0. The number of aryl methyl sites for hydroxylation is 2. The predicted octanol–water partition coefficient (Wildman–Crippen LogP) is 3.99. The average Bonchev–Trinajstić information content (AvgIpc) is 2.96. The molecule has 0 radical (unpaired) electrons. The minimum Gasteiger partial charge on any atom is -0.309 e. The molecule has 0 aliphatic rings. The van der Waals surface area contributed by atoms with E-state index in [-0.39, 0.29) is 0 Å². The molecule has 1 atom stereocenters. The number of hydrogen-bond donors (Lipinski definition) is 1. The van der Waals surface area contributed by atoms with E-state index in [9.17, 15) is 0 Å². The first-order valence-corrected chi connectivity index (χ1v) is 7.97. The van der Waals surface area contributed by atoms with E-state index in [1.165, 1.54) is 16.8 Å². The molecule has 102 valence electrons. The van der Waals surface area contributed by atoms with Crippen LogP contribution in [0.25, 0.3) is 0 Å². The lowest BCUT2D eigenvalue weighted by molar-refractivity contribution is 0.500. The Morgan fingerprint density at radius 1 is 1.32 bits per heavy atom. The molecule has 1 unspecified atom stereocenters. The Balaban J connectivity index is 2.10. The van der Waals surface area contributed by atoms with Gasteiger partial charge in [0.1, 0.15) is 0 Å². The summed E-state index contributed by atoms with van der Waals surface area (Å²) in [6.45, 7) is 5.34. The molecule has 0 saturated heterocycles. The van der Waals surface area contributed by atoms with Gasteiger partial charge in [0.15, 0.2) is 0 Å². The number of hydrogen-bond acceptors (Lipinski definition) is 3. The van der Waals surface area contributed by atoms with Gasteiger partial charge in [0, 0.05) is 6.20 Å². The second kappa shape index (κ2) is 7.41. The van der Waals surface area contributed by atoms with E-state index in [1.807, 2.05) is 12.3 Å². The first-order valence-electron chi connectivity index (χ1n) is 7.03. The molecule has 0 amide bonds. The van der Waals surface area contributed by atoms with Crippen molar-refractivity contribution in [3.8, 4) is 0 Å². The van der Waals surface area contributed by atoms with Gasteiger partial charge < -0.3 is 5.32 Å². The number of rotatable bonds is 7. The number of pyridine rings is 1. The molecule has 2 nitrogen and oxygen atoms in total. The second-order valence-electron chi connectivity index (χ2n) is 4.68. The van der Waals surface area contributed by atoms with Crippen LogP contribution < -0.4 is 5.32 Å². The summed E-state index contributed by atoms with van der Waals surface area (Å²) in [6, 6.07) is 6.80. The van der Waals surface area contributed by atoms with Gasteiger partial charge in [0.25, 0.3) is 0 Å². The van der Waals surface area contributed by atoms with Crippen LogP contribution in [0.5, 0.6) is 0 Å². The van der Waals surface area contributed by atoms with Crippen molar-refractivity contribution in [3.05, 3.63) is 52.0 Å². The summed E-state index contributed by atoms with van der Waals surface area (Å²) < 4.78 is 0. The fourth-order valence-electron chi connectivity index (χ4n) is 2.39. The monoisotopic (exact) mass is 274 g/mol. The van der Waals surface area contributed by atoms with E-state index in [0.717, 1.165) is 25.8 Å². The van der Waals surface area contributed by atoms with Crippen molar-refractivity contribution in [1.82, 2.24) is 10.3 Å². The minimum absolute atomic E-state index is 0.362. The van der Waals surface area contributed by atoms with E-state index in [0.29, 0.717) is 6.04 Å². The maximum Gasteiger partial charge on any atom is 0.0605 e. The van der Waals surface area contributed by atoms with E-state index < -0.39 is 0 Å². The Labute approximate surface area is 119 Å². The van der Waals surface area contributed by atoms with Crippen LogP contribution in [0.2, 0.25) is 0 Å². The Morgan fingerprint density at radius 2 is 2.21 bits per heavy atom. The molecule has 0 spiro atoms. The van der Waals surface area contributed by atoms with Gasteiger partial charge >= 0.3 is 0 Å². The van der Waals surface area contributed by atoms with Gasteiger partial charge in [-0.05, 0) is 59.8 Å². The zero-order valence-corrected chi connectivity index (χ0v) is 12.5. The molecule has 2 heterocycles. The second-order valence-corrected chi connectivity index (χ2v) is 5.46. The minimum atomic E-state index is 0.362. The first-order chi connectivity index (χ1) is 9.35. The highest BCUT2D eigenvalue weighted by Crippen LogP contribution is 2.22. The predicted molar refractivity (Wildman–Crippen MR) is 82.7 cm³/mol. The highest BCUT2D eigenvalue weighted by atomic mass is 32.1. The molecule has 2 rings (SSSR count). The normalized spacial score (nSPS) is 12.5. The van der Waals surface area contributed by atoms with Crippen molar-refractivity contribution >= 4 is 11.3 Å². The summed E-state index contributed by atoms with van der Waals surface area (Å²) in [4.78, 5) is 4.61. The molecule has 3 heteroatoms. The molecule has 0 saturated carbocycles. The lowest BCUT2D eigenvalue weighted by atomic mass is 9.99. The van der Waals surface area contributed by atoms with Crippen molar-refractivity contribution in [2.24, 2.45) is 0 Å². The zero-order chi connectivity index (χ0) is 13.5. The van der Waals surface area contributed by atoms with E-state index in [2.05, 4.69) is 47.0 Å². The highest BCUT2D eigenvalue weighted by Gasteiger charge is 2.15. The van der Waals surface area contributed by atoms with Crippen LogP contribution in [0.3, 0.4) is 0 Å². The van der Waals surface area contributed by atoms with Crippen LogP contribution in [0, 0.1) is 0 Å². The van der Waals surface area contributed by atoms with Crippen molar-refractivity contribution in [3.63, 3.8) is 0 Å². The molecule has 2 aromatic rings. The van der Waals surface area contributed by atoms with Crippen LogP contribution in [0.15, 0.2) is 35.2 Å². The van der Waals surface area contributed by atoms with Crippen molar-refractivity contribution in [1.29, 1.82) is 0 Å². The van der Waals surface area contributed by atoms with E-state index in [1.54, 1.807) is 11.3 Å². The van der Waals surface area contributed by atoms with Crippen LogP contribution in [-0.4, -0.2) is 11.5 Å². The molecular weight excluding hydrogens is 252 g/mol. The topological polar surface area (TPSA) is 24.9 Å². The zero-order valence-electron chi connectivity index (χ0n) is 11.7. The SMILES string of the molecule is CCNC(CCc1ccsc1)c1ncccc1CC. The summed E-state index contributed by atoms with van der Waals surface area (Å²) in [5.41, 5.74) is 4.02. The van der Waals surface area contributed by atoms with Crippen LogP contribution >= 0.6 is 11.3 Å². The Bertz CT molecular complexity index is 479. The molecule has 0 aliphatic carbocycles. The van der Waals surface area contributed by atoms with Gasteiger partial charge in [-0.25, -0.2) is 0 Å². The average molecular weight is 274 g/mol. The lowest BCUT2D eigenvalue weighted by Crippen LogP contribution is -2.23. The van der Waals surface area contributed by atoms with Gasteiger partial charge in [0.2, 0.25) is 0 Å². The third-order valence-corrected chi connectivity index (χ3v) is 4.12. The van der Waals surface area contributed by atoms with Crippen LogP contribution in [-0.2, 0) is 12.8 Å². The summed E-state index contributed by atoms with van der Waals surface area (Å²) in [5, 5.41) is 7.96. The summed E-state index contributed by atoms with van der Waals surface area (Å²) >= 11 is 1.77. The van der Waals surface area contributed by atoms with E-state index in [4.69, 9.17) is 0 Å². The van der Waals surface area contributed by atoms with E-state index >= 15 is 0 Å². The largest absolute Gasteiger partial charge is 0.309 e. The van der Waals surface area contributed by atoms with Gasteiger partial charge in [-0.1, -0.05) is 19.9 Å². The molecule has 0 aromatic carbocycles. The van der Waals surface area contributed by atoms with Gasteiger partial charge in [0.05, 0.1) is 11.7 Å². The highest BCUT2D eigenvalue weighted by molar-refractivity contribution is 7.07. The molecule has 19 heavy (non-hydrogen) atoms. The quantitative estimate of drug-likeness (QED) is 0.826. The maximum absolute atomic E-state index is 4.61. The van der Waals surface area contributed by atoms with Crippen LogP contribution in [0.4, 0.5) is 0 Å². The molecule has 2 aromatic heterocycles. The Morgan fingerprint density at radius 3 is 2.89 bits per heavy atom. The third-order valence-electron chi connectivity index (χ3n) is 3.39. The summed E-state index contributed by atoms with van der Waals surface area (Å²) in [6.07, 6.45) is 5.17. The third kappa shape index (κ3) is 3.88. The Hall–Kier alpha value is -1.19. The number of thiophene rings is 1. The number of nitrogens with zero attached hydrogens (tertiary/aromatic N) is 1. The van der Waals surface area contributed by atoms with Crippen molar-refractivity contribution in [2.75, 3.05) is 6.54 Å². The maximum atomic E-state index is 4.61. The summed E-state index contributed by atoms with van der Waals surface area (Å²) in [7, 11) is 0. The lowest BCUT2D eigenvalue weighted by Gasteiger charge is -2.19. The number of nitrogens with one attached hydrogen (secondary N) is 1. The Kier molecular flexibility index (Phi) is 5.55.